The summed E-state index contributed by atoms with van der Waals surface area (Å²) in [6, 6.07) is 3.33. The lowest BCUT2D eigenvalue weighted by Crippen LogP contribution is -1.92. The molecule has 0 bridgehead atoms. The maximum absolute atomic E-state index is 9.10. The first-order chi connectivity index (χ1) is 7.79. The number of pyridine rings is 2. The second-order valence-corrected chi connectivity index (χ2v) is 3.52. The average Bonchev–Trinajstić information content (AvgIpc) is 2.30. The van der Waals surface area contributed by atoms with Gasteiger partial charge in [-0.05, 0) is 6.07 Å². The molecule has 0 aliphatic heterocycles. The van der Waals surface area contributed by atoms with Gasteiger partial charge in [0.05, 0.1) is 24.0 Å². The van der Waals surface area contributed by atoms with E-state index >= 15 is 0 Å². The Balaban J connectivity index is 2.26. The van der Waals surface area contributed by atoms with Gasteiger partial charge in [0.15, 0.2) is 5.75 Å². The molecule has 0 radical (unpaired) electrons. The summed E-state index contributed by atoms with van der Waals surface area (Å²) in [4.78, 5) is 7.82. The SMILES string of the molecule is OCc1ccncc1Oc1cncc(Cl)c1. The first kappa shape index (κ1) is 10.9. The van der Waals surface area contributed by atoms with Crippen LogP contribution in [0.2, 0.25) is 5.02 Å². The molecular formula is C11H9ClN2O2. The molecule has 0 saturated carbocycles. The Morgan fingerprint density at radius 2 is 2.12 bits per heavy atom. The van der Waals surface area contributed by atoms with Gasteiger partial charge in [0.25, 0.3) is 0 Å². The minimum Gasteiger partial charge on any atom is -0.454 e. The molecule has 2 aromatic heterocycles. The Bertz CT molecular complexity index is 491. The van der Waals surface area contributed by atoms with Crippen molar-refractivity contribution in [3.05, 3.63) is 47.5 Å². The van der Waals surface area contributed by atoms with Crippen molar-refractivity contribution in [3.63, 3.8) is 0 Å². The van der Waals surface area contributed by atoms with Crippen LogP contribution in [0.3, 0.4) is 0 Å². The van der Waals surface area contributed by atoms with E-state index in [4.69, 9.17) is 21.4 Å². The molecule has 0 atom stereocenters. The minimum atomic E-state index is -0.105. The highest BCUT2D eigenvalue weighted by atomic mass is 35.5. The Labute approximate surface area is 97.5 Å². The van der Waals surface area contributed by atoms with Crippen LogP contribution in [0.5, 0.6) is 11.5 Å². The maximum Gasteiger partial charge on any atom is 0.151 e. The van der Waals surface area contributed by atoms with Gasteiger partial charge < -0.3 is 9.84 Å². The largest absolute Gasteiger partial charge is 0.454 e. The molecule has 0 aromatic carbocycles. The molecule has 4 nitrogen and oxygen atoms in total. The van der Waals surface area contributed by atoms with Crippen molar-refractivity contribution in [3.8, 4) is 11.5 Å². The number of rotatable bonds is 3. The number of halogens is 1. The molecule has 0 fully saturated rings. The van der Waals surface area contributed by atoms with E-state index in [1.165, 1.54) is 12.4 Å². The number of hydrogen-bond acceptors (Lipinski definition) is 4. The van der Waals surface area contributed by atoms with Crippen LogP contribution in [0.25, 0.3) is 0 Å². The van der Waals surface area contributed by atoms with E-state index < -0.39 is 0 Å². The first-order valence-electron chi connectivity index (χ1n) is 4.62. The van der Waals surface area contributed by atoms with E-state index in [-0.39, 0.29) is 6.61 Å². The summed E-state index contributed by atoms with van der Waals surface area (Å²) in [5.41, 5.74) is 0.662. The zero-order chi connectivity index (χ0) is 11.4. The van der Waals surface area contributed by atoms with E-state index in [1.54, 1.807) is 24.5 Å². The topological polar surface area (TPSA) is 55.2 Å². The van der Waals surface area contributed by atoms with E-state index in [9.17, 15) is 0 Å². The molecule has 16 heavy (non-hydrogen) atoms. The fourth-order valence-electron chi connectivity index (χ4n) is 1.21. The van der Waals surface area contributed by atoms with Crippen molar-refractivity contribution in [1.29, 1.82) is 0 Å². The summed E-state index contributed by atoms with van der Waals surface area (Å²) in [6.45, 7) is -0.105. The van der Waals surface area contributed by atoms with Crippen molar-refractivity contribution >= 4 is 11.6 Å². The van der Waals surface area contributed by atoms with Gasteiger partial charge in [-0.1, -0.05) is 11.6 Å². The van der Waals surface area contributed by atoms with Gasteiger partial charge in [0.1, 0.15) is 5.75 Å². The Kier molecular flexibility index (Phi) is 3.34. The Morgan fingerprint density at radius 1 is 1.25 bits per heavy atom. The molecule has 2 rings (SSSR count). The third kappa shape index (κ3) is 2.48. The molecule has 2 heterocycles. The molecule has 0 aliphatic carbocycles. The Morgan fingerprint density at radius 3 is 2.88 bits per heavy atom. The number of aliphatic hydroxyl groups excluding tert-OH is 1. The highest BCUT2D eigenvalue weighted by Crippen LogP contribution is 2.25. The Hall–Kier alpha value is -1.65. The number of hydrogen-bond donors (Lipinski definition) is 1. The maximum atomic E-state index is 9.10. The van der Waals surface area contributed by atoms with Gasteiger partial charge >= 0.3 is 0 Å². The molecule has 0 spiro atoms. The van der Waals surface area contributed by atoms with Crippen LogP contribution in [0, 0.1) is 0 Å². The molecule has 82 valence electrons. The normalized spacial score (nSPS) is 10.1. The molecular weight excluding hydrogens is 228 g/mol. The molecule has 5 heteroatoms. The van der Waals surface area contributed by atoms with E-state index in [0.717, 1.165) is 0 Å². The lowest BCUT2D eigenvalue weighted by atomic mass is 10.2. The summed E-state index contributed by atoms with van der Waals surface area (Å²) in [7, 11) is 0. The smallest absolute Gasteiger partial charge is 0.151 e. The van der Waals surface area contributed by atoms with Crippen molar-refractivity contribution in [2.75, 3.05) is 0 Å². The monoisotopic (exact) mass is 236 g/mol. The van der Waals surface area contributed by atoms with Crippen LogP contribution in [0.4, 0.5) is 0 Å². The van der Waals surface area contributed by atoms with Crippen LogP contribution in [0.1, 0.15) is 5.56 Å². The molecule has 0 amide bonds. The standard InChI is InChI=1S/C11H9ClN2O2/c12-9-3-10(5-14-4-9)16-11-6-13-2-1-8(11)7-15/h1-6,15H,7H2. The van der Waals surface area contributed by atoms with Crippen LogP contribution in [-0.2, 0) is 6.61 Å². The van der Waals surface area contributed by atoms with Gasteiger partial charge in [-0.3, -0.25) is 9.97 Å². The summed E-state index contributed by atoms with van der Waals surface area (Å²) < 4.78 is 5.51. The van der Waals surface area contributed by atoms with Crippen molar-refractivity contribution in [1.82, 2.24) is 9.97 Å². The first-order valence-corrected chi connectivity index (χ1v) is 4.99. The van der Waals surface area contributed by atoms with Crippen LogP contribution in [-0.4, -0.2) is 15.1 Å². The van der Waals surface area contributed by atoms with Crippen molar-refractivity contribution in [2.45, 2.75) is 6.61 Å². The van der Waals surface area contributed by atoms with Crippen LogP contribution < -0.4 is 4.74 Å². The third-order valence-electron chi connectivity index (χ3n) is 1.95. The zero-order valence-electron chi connectivity index (χ0n) is 8.30. The van der Waals surface area contributed by atoms with Gasteiger partial charge in [-0.25, -0.2) is 0 Å². The minimum absolute atomic E-state index is 0.105. The highest BCUT2D eigenvalue weighted by molar-refractivity contribution is 6.30. The summed E-state index contributed by atoms with van der Waals surface area (Å²) in [5.74, 6) is 1.00. The molecule has 2 aromatic rings. The fraction of sp³-hybridized carbons (Fsp3) is 0.0909. The summed E-state index contributed by atoms with van der Waals surface area (Å²) in [6.07, 6.45) is 6.19. The lowest BCUT2D eigenvalue weighted by molar-refractivity contribution is 0.276. The molecule has 0 aliphatic rings. The number of ether oxygens (including phenoxy) is 1. The van der Waals surface area contributed by atoms with E-state index in [2.05, 4.69) is 9.97 Å². The van der Waals surface area contributed by atoms with Gasteiger partial charge in [0, 0.05) is 24.0 Å². The predicted octanol–water partition coefficient (Wildman–Crippen LogP) is 2.41. The zero-order valence-corrected chi connectivity index (χ0v) is 9.05. The summed E-state index contributed by atoms with van der Waals surface area (Å²) in [5, 5.41) is 9.59. The van der Waals surface area contributed by atoms with Crippen molar-refractivity contribution in [2.24, 2.45) is 0 Å². The van der Waals surface area contributed by atoms with E-state index in [0.29, 0.717) is 22.1 Å². The van der Waals surface area contributed by atoms with Crippen LogP contribution >= 0.6 is 11.6 Å². The second kappa shape index (κ2) is 4.92. The van der Waals surface area contributed by atoms with Crippen LogP contribution in [0.15, 0.2) is 36.9 Å². The third-order valence-corrected chi connectivity index (χ3v) is 2.15. The van der Waals surface area contributed by atoms with Gasteiger partial charge in [-0.2, -0.15) is 0 Å². The number of nitrogens with zero attached hydrogens (tertiary/aromatic N) is 2. The highest BCUT2D eigenvalue weighted by Gasteiger charge is 2.04. The van der Waals surface area contributed by atoms with E-state index in [1.807, 2.05) is 0 Å². The number of aliphatic hydroxyl groups is 1. The van der Waals surface area contributed by atoms with Crippen molar-refractivity contribution < 1.29 is 9.84 Å². The fourth-order valence-corrected chi connectivity index (χ4v) is 1.37. The average molecular weight is 237 g/mol. The number of aromatic nitrogens is 2. The lowest BCUT2D eigenvalue weighted by Gasteiger charge is -2.08. The molecule has 1 N–H and O–H groups in total. The van der Waals surface area contributed by atoms with Gasteiger partial charge in [0.2, 0.25) is 0 Å². The second-order valence-electron chi connectivity index (χ2n) is 3.08. The van der Waals surface area contributed by atoms with Gasteiger partial charge in [-0.15, -0.1) is 0 Å². The quantitative estimate of drug-likeness (QED) is 0.889. The molecule has 0 saturated heterocycles. The summed E-state index contributed by atoms with van der Waals surface area (Å²) >= 11 is 5.78. The predicted molar refractivity (Wildman–Crippen MR) is 59.5 cm³/mol. The molecule has 0 unspecified atom stereocenters.